The van der Waals surface area contributed by atoms with Gasteiger partial charge in [0.2, 0.25) is 0 Å². The Hall–Kier alpha value is -1.06. The highest BCUT2D eigenvalue weighted by Gasteiger charge is 1.95. The van der Waals surface area contributed by atoms with Crippen molar-refractivity contribution < 1.29 is 5.11 Å². The molecule has 1 rings (SSSR count). The first-order valence-electron chi connectivity index (χ1n) is 3.42. The molecule has 3 nitrogen and oxygen atoms in total. The highest BCUT2D eigenvalue weighted by molar-refractivity contribution is 5.26. The smallest absolute Gasteiger partial charge is 0.115 e. The van der Waals surface area contributed by atoms with Crippen LogP contribution < -0.4 is 5.84 Å². The lowest BCUT2D eigenvalue weighted by atomic mass is 10.2. The van der Waals surface area contributed by atoms with Crippen molar-refractivity contribution in [1.29, 1.82) is 0 Å². The van der Waals surface area contributed by atoms with Gasteiger partial charge in [-0.25, -0.2) is 5.01 Å². The van der Waals surface area contributed by atoms with Crippen molar-refractivity contribution in [2.75, 3.05) is 7.05 Å². The van der Waals surface area contributed by atoms with Crippen LogP contribution in [0.5, 0.6) is 5.75 Å². The number of nitrogens with two attached hydrogens (primary N) is 1. The van der Waals surface area contributed by atoms with Crippen molar-refractivity contribution in [2.45, 2.75) is 6.54 Å². The molecule has 0 aliphatic heterocycles. The molecule has 0 heterocycles. The molecule has 1 aromatic rings. The average molecular weight is 152 g/mol. The monoisotopic (exact) mass is 152 g/mol. The van der Waals surface area contributed by atoms with E-state index in [4.69, 9.17) is 10.9 Å². The Morgan fingerprint density at radius 1 is 1.55 bits per heavy atom. The fourth-order valence-electron chi connectivity index (χ4n) is 0.943. The van der Waals surface area contributed by atoms with Crippen molar-refractivity contribution in [3.05, 3.63) is 29.8 Å². The van der Waals surface area contributed by atoms with Crippen molar-refractivity contribution in [1.82, 2.24) is 5.01 Å². The van der Waals surface area contributed by atoms with Gasteiger partial charge < -0.3 is 5.11 Å². The van der Waals surface area contributed by atoms with Gasteiger partial charge in [-0.15, -0.1) is 0 Å². The lowest BCUT2D eigenvalue weighted by Crippen LogP contribution is -2.24. The number of benzene rings is 1. The standard InChI is InChI=1S/C8H12N2O/c1-10(9)6-7-3-2-4-8(11)5-7/h2-5,11H,6,9H2,1H3. The molecule has 0 saturated heterocycles. The summed E-state index contributed by atoms with van der Waals surface area (Å²) in [5.74, 6) is 5.71. The number of hydrazine groups is 1. The van der Waals surface area contributed by atoms with Crippen molar-refractivity contribution in [3.8, 4) is 5.75 Å². The Kier molecular flexibility index (Phi) is 2.46. The Labute approximate surface area is 66.0 Å². The second-order valence-electron chi connectivity index (χ2n) is 2.59. The quantitative estimate of drug-likeness (QED) is 0.484. The Morgan fingerprint density at radius 2 is 2.27 bits per heavy atom. The van der Waals surface area contributed by atoms with E-state index in [2.05, 4.69) is 0 Å². The summed E-state index contributed by atoms with van der Waals surface area (Å²) in [6, 6.07) is 7.06. The molecule has 1 aromatic carbocycles. The number of nitrogens with zero attached hydrogens (tertiary/aromatic N) is 1. The van der Waals surface area contributed by atoms with Crippen LogP contribution in [0.25, 0.3) is 0 Å². The third kappa shape index (κ3) is 2.57. The Balaban J connectivity index is 2.71. The second-order valence-corrected chi connectivity index (χ2v) is 2.59. The number of phenols is 1. The van der Waals surface area contributed by atoms with E-state index in [1.165, 1.54) is 0 Å². The third-order valence-corrected chi connectivity index (χ3v) is 1.34. The molecule has 0 radical (unpaired) electrons. The normalized spacial score (nSPS) is 10.5. The van der Waals surface area contributed by atoms with Gasteiger partial charge in [0.1, 0.15) is 5.75 Å². The van der Waals surface area contributed by atoms with Gasteiger partial charge in [-0.3, -0.25) is 5.84 Å². The third-order valence-electron chi connectivity index (χ3n) is 1.34. The molecule has 11 heavy (non-hydrogen) atoms. The number of rotatable bonds is 2. The second kappa shape index (κ2) is 3.37. The van der Waals surface area contributed by atoms with Crippen LogP contribution >= 0.6 is 0 Å². The van der Waals surface area contributed by atoms with E-state index in [0.29, 0.717) is 6.54 Å². The molecular weight excluding hydrogens is 140 g/mol. The summed E-state index contributed by atoms with van der Waals surface area (Å²) < 4.78 is 0. The van der Waals surface area contributed by atoms with E-state index in [0.717, 1.165) is 5.56 Å². The molecule has 0 aromatic heterocycles. The van der Waals surface area contributed by atoms with Crippen LogP contribution in [-0.4, -0.2) is 17.2 Å². The molecule has 0 atom stereocenters. The molecule has 60 valence electrons. The summed E-state index contributed by atoms with van der Waals surface area (Å²) in [6.45, 7) is 0.647. The van der Waals surface area contributed by atoms with Crippen LogP contribution in [0.1, 0.15) is 5.56 Å². The maximum atomic E-state index is 9.07. The first-order chi connectivity index (χ1) is 5.18. The fourth-order valence-corrected chi connectivity index (χ4v) is 0.943. The minimum absolute atomic E-state index is 0.282. The molecule has 3 N–H and O–H groups in total. The Morgan fingerprint density at radius 3 is 2.82 bits per heavy atom. The number of aromatic hydroxyl groups is 1. The zero-order chi connectivity index (χ0) is 8.27. The predicted octanol–water partition coefficient (Wildman–Crippen LogP) is 0.698. The highest BCUT2D eigenvalue weighted by atomic mass is 16.3. The maximum Gasteiger partial charge on any atom is 0.115 e. The summed E-state index contributed by atoms with van der Waals surface area (Å²) in [4.78, 5) is 0. The molecular formula is C8H12N2O. The Bertz CT molecular complexity index is 235. The van der Waals surface area contributed by atoms with Crippen LogP contribution in [0.4, 0.5) is 0 Å². The van der Waals surface area contributed by atoms with E-state index in [-0.39, 0.29) is 5.75 Å². The fraction of sp³-hybridized carbons (Fsp3) is 0.250. The van der Waals surface area contributed by atoms with E-state index < -0.39 is 0 Å². The zero-order valence-corrected chi connectivity index (χ0v) is 6.49. The maximum absolute atomic E-state index is 9.07. The minimum atomic E-state index is 0.282. The number of hydrogen-bond acceptors (Lipinski definition) is 3. The molecule has 3 heteroatoms. The molecule has 0 unspecified atom stereocenters. The van der Waals surface area contributed by atoms with Crippen LogP contribution in [0.15, 0.2) is 24.3 Å². The van der Waals surface area contributed by atoms with Crippen LogP contribution in [0.3, 0.4) is 0 Å². The number of phenolic OH excluding ortho intramolecular Hbond substituents is 1. The summed E-state index contributed by atoms with van der Waals surface area (Å²) in [7, 11) is 1.78. The summed E-state index contributed by atoms with van der Waals surface area (Å²) in [5.41, 5.74) is 1.01. The summed E-state index contributed by atoms with van der Waals surface area (Å²) in [6.07, 6.45) is 0. The van der Waals surface area contributed by atoms with Crippen LogP contribution in [0.2, 0.25) is 0 Å². The molecule has 0 fully saturated rings. The number of hydrogen-bond donors (Lipinski definition) is 2. The molecule has 0 spiro atoms. The van der Waals surface area contributed by atoms with Gasteiger partial charge in [-0.2, -0.15) is 0 Å². The van der Waals surface area contributed by atoms with Gasteiger partial charge in [-0.05, 0) is 17.7 Å². The lowest BCUT2D eigenvalue weighted by Gasteiger charge is -2.08. The highest BCUT2D eigenvalue weighted by Crippen LogP contribution is 2.10. The van der Waals surface area contributed by atoms with Gasteiger partial charge in [-0.1, -0.05) is 12.1 Å². The molecule has 0 amide bonds. The molecule has 0 aliphatic carbocycles. The molecule has 0 bridgehead atoms. The predicted molar refractivity (Wildman–Crippen MR) is 43.8 cm³/mol. The van der Waals surface area contributed by atoms with E-state index in [9.17, 15) is 0 Å². The molecule has 0 saturated carbocycles. The van der Waals surface area contributed by atoms with Gasteiger partial charge in [0.25, 0.3) is 0 Å². The van der Waals surface area contributed by atoms with Crippen molar-refractivity contribution >= 4 is 0 Å². The van der Waals surface area contributed by atoms with E-state index in [1.807, 2.05) is 6.07 Å². The van der Waals surface area contributed by atoms with Gasteiger partial charge >= 0.3 is 0 Å². The van der Waals surface area contributed by atoms with Gasteiger partial charge in [0.05, 0.1) is 0 Å². The SMILES string of the molecule is CN(N)Cc1cccc(O)c1. The van der Waals surface area contributed by atoms with E-state index >= 15 is 0 Å². The summed E-state index contributed by atoms with van der Waals surface area (Å²) >= 11 is 0. The minimum Gasteiger partial charge on any atom is -0.508 e. The van der Waals surface area contributed by atoms with E-state index in [1.54, 1.807) is 30.3 Å². The van der Waals surface area contributed by atoms with Crippen molar-refractivity contribution in [2.24, 2.45) is 5.84 Å². The first-order valence-corrected chi connectivity index (χ1v) is 3.42. The topological polar surface area (TPSA) is 49.5 Å². The lowest BCUT2D eigenvalue weighted by molar-refractivity contribution is 0.341. The first kappa shape index (κ1) is 8.04. The molecule has 0 aliphatic rings. The van der Waals surface area contributed by atoms with Crippen LogP contribution in [-0.2, 0) is 6.54 Å². The largest absolute Gasteiger partial charge is 0.508 e. The summed E-state index contributed by atoms with van der Waals surface area (Å²) in [5, 5.41) is 10.6. The zero-order valence-electron chi connectivity index (χ0n) is 6.49. The van der Waals surface area contributed by atoms with Gasteiger partial charge in [0, 0.05) is 13.6 Å². The van der Waals surface area contributed by atoms with Gasteiger partial charge in [0.15, 0.2) is 0 Å². The van der Waals surface area contributed by atoms with Crippen LogP contribution in [0, 0.1) is 0 Å². The van der Waals surface area contributed by atoms with Crippen molar-refractivity contribution in [3.63, 3.8) is 0 Å². The average Bonchev–Trinajstić information content (AvgIpc) is 1.85.